The van der Waals surface area contributed by atoms with Crippen LogP contribution in [0, 0.1) is 6.42 Å². The van der Waals surface area contributed by atoms with Crippen molar-refractivity contribution in [3.63, 3.8) is 0 Å². The predicted molar refractivity (Wildman–Crippen MR) is 239 cm³/mol. The van der Waals surface area contributed by atoms with Gasteiger partial charge in [0.25, 0.3) is 5.91 Å². The third kappa shape index (κ3) is 8.28. The van der Waals surface area contributed by atoms with Crippen molar-refractivity contribution in [2.45, 2.75) is 80.5 Å². The number of nitrogens with zero attached hydrogens (tertiary/aromatic N) is 4. The van der Waals surface area contributed by atoms with Gasteiger partial charge < -0.3 is 24.0 Å². The lowest BCUT2D eigenvalue weighted by Crippen LogP contribution is -2.51. The second kappa shape index (κ2) is 18.1. The van der Waals surface area contributed by atoms with Crippen molar-refractivity contribution in [3.05, 3.63) is 151 Å². The number of methoxy groups -OCH3 is 2. The first-order chi connectivity index (χ1) is 28.5. The van der Waals surface area contributed by atoms with Crippen molar-refractivity contribution < 1.29 is 23.4 Å². The highest BCUT2D eigenvalue weighted by Crippen LogP contribution is 2.51. The third-order valence-electron chi connectivity index (χ3n) is 11.6. The lowest BCUT2D eigenvalue weighted by molar-refractivity contribution is 0.0154. The number of thioether (sulfide) groups is 1. The minimum Gasteiger partial charge on any atom is -0.497 e. The number of hydrogen-bond acceptors (Lipinski definition) is 9. The van der Waals surface area contributed by atoms with Crippen LogP contribution in [0.25, 0.3) is 11.2 Å². The molecular weight excluding hydrogens is 775 g/mol. The molecule has 3 atom stereocenters. The van der Waals surface area contributed by atoms with Crippen molar-refractivity contribution in [1.29, 1.82) is 0 Å². The first-order valence-corrected chi connectivity index (χ1v) is 23.3. The topological polar surface area (TPSA) is 110 Å². The Labute approximate surface area is 353 Å². The zero-order chi connectivity index (χ0) is 41.7. The molecular formula is C47H54N5O5SSi. The maximum Gasteiger partial charge on any atom is 0.256 e. The number of hydrogen-bond donors (Lipinski definition) is 1. The van der Waals surface area contributed by atoms with E-state index < -0.39 is 13.9 Å². The molecule has 1 radical (unpaired) electrons. The van der Waals surface area contributed by atoms with Gasteiger partial charge in [-0.25, -0.2) is 15.0 Å². The molecule has 307 valence electrons. The van der Waals surface area contributed by atoms with Crippen molar-refractivity contribution in [1.82, 2.24) is 19.5 Å². The molecule has 1 aliphatic rings. The molecule has 6 aromatic rings. The minimum atomic E-state index is -2.38. The van der Waals surface area contributed by atoms with E-state index in [9.17, 15) is 4.79 Å². The first kappa shape index (κ1) is 42.1. The molecule has 1 aliphatic heterocycles. The Morgan fingerprint density at radius 2 is 1.29 bits per heavy atom. The second-order valence-electron chi connectivity index (χ2n) is 15.8. The van der Waals surface area contributed by atoms with Crippen LogP contribution in [0.3, 0.4) is 0 Å². The smallest absolute Gasteiger partial charge is 0.256 e. The summed E-state index contributed by atoms with van der Waals surface area (Å²) in [4.78, 5) is 27.2. The molecule has 1 amide bonds. The van der Waals surface area contributed by atoms with E-state index in [2.05, 4.69) is 99.2 Å². The lowest BCUT2D eigenvalue weighted by atomic mass is 9.80. The fraction of sp³-hybridized carbons (Fsp3) is 0.340. The summed E-state index contributed by atoms with van der Waals surface area (Å²) in [7, 11) is 0.967. The molecule has 0 aliphatic carbocycles. The summed E-state index contributed by atoms with van der Waals surface area (Å²) in [5.41, 5.74) is 4.72. The van der Waals surface area contributed by atoms with Gasteiger partial charge in [-0.3, -0.25) is 9.36 Å². The number of ether oxygens (including phenoxy) is 3. The largest absolute Gasteiger partial charge is 0.497 e. The van der Waals surface area contributed by atoms with Gasteiger partial charge in [0.1, 0.15) is 28.8 Å². The molecule has 0 bridgehead atoms. The fourth-order valence-corrected chi connectivity index (χ4v) is 15.8. The van der Waals surface area contributed by atoms with Gasteiger partial charge in [0.15, 0.2) is 17.0 Å². The average molecular weight is 829 g/mol. The minimum absolute atomic E-state index is 0.0840. The van der Waals surface area contributed by atoms with Crippen molar-refractivity contribution >= 4 is 43.0 Å². The average Bonchev–Trinajstić information content (AvgIpc) is 3.88. The third-order valence-corrected chi connectivity index (χ3v) is 19.1. The summed E-state index contributed by atoms with van der Waals surface area (Å²) in [5.74, 6) is 1.62. The monoisotopic (exact) mass is 828 g/mol. The number of aromatic nitrogens is 4. The zero-order valence-corrected chi connectivity index (χ0v) is 36.9. The predicted octanol–water partition coefficient (Wildman–Crippen LogP) is 10.5. The number of anilines is 1. The number of rotatable bonds is 16. The molecule has 2 aromatic heterocycles. The number of amides is 1. The van der Waals surface area contributed by atoms with Gasteiger partial charge in [-0.15, -0.1) is 11.8 Å². The quantitative estimate of drug-likeness (QED) is 0.0753. The van der Waals surface area contributed by atoms with Gasteiger partial charge in [-0.2, -0.15) is 0 Å². The molecule has 1 saturated heterocycles. The molecule has 0 unspecified atom stereocenters. The molecule has 12 heteroatoms. The van der Waals surface area contributed by atoms with Crippen LogP contribution in [0.15, 0.2) is 122 Å². The van der Waals surface area contributed by atoms with E-state index >= 15 is 0 Å². The molecule has 4 aromatic carbocycles. The Morgan fingerprint density at radius 1 is 0.746 bits per heavy atom. The molecule has 10 nitrogen and oxygen atoms in total. The van der Waals surface area contributed by atoms with Crippen molar-refractivity contribution in [2.75, 3.05) is 26.1 Å². The van der Waals surface area contributed by atoms with Gasteiger partial charge in [-0.1, -0.05) is 114 Å². The summed E-state index contributed by atoms with van der Waals surface area (Å²) in [6, 6.07) is 35.7. The van der Waals surface area contributed by atoms with E-state index in [1.807, 2.05) is 60.7 Å². The lowest BCUT2D eigenvalue weighted by Gasteiger charge is -2.45. The van der Waals surface area contributed by atoms with Crippen molar-refractivity contribution in [2.24, 2.45) is 0 Å². The molecule has 3 heterocycles. The van der Waals surface area contributed by atoms with Gasteiger partial charge >= 0.3 is 0 Å². The molecule has 7 rings (SSSR count). The first-order valence-electron chi connectivity index (χ1n) is 20.2. The van der Waals surface area contributed by atoms with Crippen LogP contribution in [0.2, 0.25) is 16.6 Å². The van der Waals surface area contributed by atoms with Crippen LogP contribution >= 0.6 is 11.8 Å². The number of benzene rings is 4. The Morgan fingerprint density at radius 3 is 1.83 bits per heavy atom. The Kier molecular flexibility index (Phi) is 12.9. The summed E-state index contributed by atoms with van der Waals surface area (Å²) < 4.78 is 28.3. The summed E-state index contributed by atoms with van der Waals surface area (Å²) in [5, 5.41) is 2.66. The van der Waals surface area contributed by atoms with Crippen LogP contribution in [-0.4, -0.2) is 65.9 Å². The molecule has 1 N–H and O–H groups in total. The number of imidazole rings is 1. The Balaban J connectivity index is 1.28. The van der Waals surface area contributed by atoms with Crippen LogP contribution in [0.1, 0.15) is 74.0 Å². The fourth-order valence-electron chi connectivity index (χ4n) is 8.85. The van der Waals surface area contributed by atoms with Crippen LogP contribution in [0.5, 0.6) is 11.5 Å². The van der Waals surface area contributed by atoms with Gasteiger partial charge in [-0.05, 0) is 69.7 Å². The highest BCUT2D eigenvalue weighted by Gasteiger charge is 2.51. The van der Waals surface area contributed by atoms with Crippen LogP contribution in [0.4, 0.5) is 5.82 Å². The van der Waals surface area contributed by atoms with Gasteiger partial charge in [0.2, 0.25) is 8.32 Å². The van der Waals surface area contributed by atoms with E-state index in [0.29, 0.717) is 45.8 Å². The van der Waals surface area contributed by atoms with E-state index in [0.717, 1.165) is 28.2 Å². The number of nitrogens with one attached hydrogen (secondary N) is 1. The number of fused-ring (bicyclic) bond motifs is 1. The Hall–Kier alpha value is -5.01. The highest BCUT2D eigenvalue weighted by atomic mass is 32.2. The van der Waals surface area contributed by atoms with Crippen molar-refractivity contribution in [3.8, 4) is 11.5 Å². The second-order valence-corrected chi connectivity index (χ2v) is 22.6. The molecule has 0 spiro atoms. The van der Waals surface area contributed by atoms with Crippen LogP contribution < -0.4 is 14.8 Å². The highest BCUT2D eigenvalue weighted by molar-refractivity contribution is 8.00. The normalized spacial score (nSPS) is 17.2. The van der Waals surface area contributed by atoms with E-state index in [1.165, 1.54) is 6.33 Å². The number of carbonyl (C=O) groups excluding carboxylic acids is 1. The summed E-state index contributed by atoms with van der Waals surface area (Å²) >= 11 is 1.77. The van der Waals surface area contributed by atoms with E-state index in [1.54, 1.807) is 44.4 Å². The van der Waals surface area contributed by atoms with Gasteiger partial charge in [0.05, 0.1) is 33.3 Å². The van der Waals surface area contributed by atoms with E-state index in [-0.39, 0.29) is 22.6 Å². The zero-order valence-electron chi connectivity index (χ0n) is 35.0. The van der Waals surface area contributed by atoms with Gasteiger partial charge in [0, 0.05) is 17.2 Å². The summed E-state index contributed by atoms with van der Waals surface area (Å²) in [6.07, 6.45) is 5.33. The molecule has 0 saturated carbocycles. The maximum atomic E-state index is 13.2. The van der Waals surface area contributed by atoms with Crippen LogP contribution in [-0.2, 0) is 14.8 Å². The van der Waals surface area contributed by atoms with E-state index in [4.69, 9.17) is 28.6 Å². The number of carbonyl (C=O) groups is 1. The molecule has 59 heavy (non-hydrogen) atoms. The Bertz CT molecular complexity index is 2240. The SMILES string of the molecule is COc1ccc(C(OC[C@H]2[CH][C@@H](O[Si](C(C)C)(C(C)C)C(C)C)[C@H](n3cnc4c(NC(=O)c5ccccc5)ncnc43)S2)(c2ccccc2)c2ccc(OC)cc2)cc1. The standard InChI is InChI=1S/C47H54N5O5SSi/c1-31(2)59(32(3)4,33(5)6)57-41-27-40(58-46(41)52-30-50-42-43(48-29-49-44(42)52)51-45(53)34-15-11-9-12-16-34)28-56-47(35-17-13-10-14-18-35,36-19-23-38(54-7)24-20-36)37-21-25-39(55-8)26-22-37/h9-27,29-33,40-41,46H,28H2,1-8H3,(H,48,49,51,53)/t40-,41-,46-/m1/s1. The summed E-state index contributed by atoms with van der Waals surface area (Å²) in [6.45, 7) is 14.2. The molecule has 1 fully saturated rings. The maximum absolute atomic E-state index is 13.2.